The third-order valence-corrected chi connectivity index (χ3v) is 4.19. The quantitative estimate of drug-likeness (QED) is 0.874. The lowest BCUT2D eigenvalue weighted by Gasteiger charge is -2.18. The van der Waals surface area contributed by atoms with E-state index in [-0.39, 0.29) is 19.2 Å². The average molecular weight is 342 g/mol. The van der Waals surface area contributed by atoms with Gasteiger partial charge in [-0.25, -0.2) is 4.79 Å². The molecule has 2 aromatic rings. The summed E-state index contributed by atoms with van der Waals surface area (Å²) >= 11 is 0. The number of rotatable bonds is 5. The van der Waals surface area contributed by atoms with Crippen molar-refractivity contribution < 1.29 is 19.4 Å². The summed E-state index contributed by atoms with van der Waals surface area (Å²) < 4.78 is 10.4. The number of likely N-dealkylation sites (tertiary alicyclic amines) is 1. The second-order valence-electron chi connectivity index (χ2n) is 5.99. The molecule has 2 atom stereocenters. The predicted octanol–water partition coefficient (Wildman–Crippen LogP) is 2.49. The molecule has 1 heterocycles. The van der Waals surface area contributed by atoms with E-state index in [1.807, 2.05) is 54.6 Å². The van der Waals surface area contributed by atoms with Gasteiger partial charge in [-0.15, -0.1) is 0 Å². The maximum Gasteiger partial charge on any atom is 0.410 e. The third-order valence-electron chi connectivity index (χ3n) is 4.19. The highest BCUT2D eigenvalue weighted by atomic mass is 16.6. The van der Waals surface area contributed by atoms with E-state index in [1.54, 1.807) is 7.11 Å². The Balaban J connectivity index is 1.52. The molecular weight excluding hydrogens is 320 g/mol. The van der Waals surface area contributed by atoms with Crippen molar-refractivity contribution in [3.05, 3.63) is 60.2 Å². The second kappa shape index (κ2) is 7.90. The van der Waals surface area contributed by atoms with Crippen LogP contribution >= 0.6 is 0 Å². The molecule has 0 spiro atoms. The van der Waals surface area contributed by atoms with Gasteiger partial charge in [-0.3, -0.25) is 0 Å². The summed E-state index contributed by atoms with van der Waals surface area (Å²) in [5.74, 6) is 0.767. The van der Waals surface area contributed by atoms with Gasteiger partial charge in [-0.1, -0.05) is 30.3 Å². The van der Waals surface area contributed by atoms with Crippen molar-refractivity contribution in [3.8, 4) is 5.75 Å². The summed E-state index contributed by atoms with van der Waals surface area (Å²) in [6, 6.07) is 16.7. The molecule has 1 saturated heterocycles. The van der Waals surface area contributed by atoms with Crippen LogP contribution in [0.2, 0.25) is 0 Å². The summed E-state index contributed by atoms with van der Waals surface area (Å²) in [6.45, 7) is 0.866. The van der Waals surface area contributed by atoms with Crippen LogP contribution in [0.15, 0.2) is 54.6 Å². The number of hydrogen-bond acceptors (Lipinski definition) is 5. The van der Waals surface area contributed by atoms with Crippen molar-refractivity contribution in [1.29, 1.82) is 0 Å². The first-order chi connectivity index (χ1) is 12.2. The van der Waals surface area contributed by atoms with E-state index >= 15 is 0 Å². The number of anilines is 1. The van der Waals surface area contributed by atoms with E-state index in [4.69, 9.17) is 9.47 Å². The Morgan fingerprint density at radius 2 is 1.88 bits per heavy atom. The molecule has 6 heteroatoms. The first kappa shape index (κ1) is 17.1. The summed E-state index contributed by atoms with van der Waals surface area (Å²) in [7, 11) is 1.61. The number of methoxy groups -OCH3 is 1. The van der Waals surface area contributed by atoms with Crippen molar-refractivity contribution in [2.75, 3.05) is 25.5 Å². The number of hydrogen-bond donors (Lipinski definition) is 2. The fourth-order valence-electron chi connectivity index (χ4n) is 2.79. The van der Waals surface area contributed by atoms with Crippen LogP contribution in [0.25, 0.3) is 0 Å². The lowest BCUT2D eigenvalue weighted by atomic mass is 10.2. The van der Waals surface area contributed by atoms with Crippen LogP contribution in [0.1, 0.15) is 5.56 Å². The summed E-state index contributed by atoms with van der Waals surface area (Å²) in [5, 5.41) is 13.5. The van der Waals surface area contributed by atoms with Crippen LogP contribution < -0.4 is 10.1 Å². The standard InChI is InChI=1S/C19H22N2O4/c1-24-16-9-7-15(8-10-16)20-17-11-21(12-18(17)22)19(23)25-13-14-5-3-2-4-6-14/h2-10,17-18,20,22H,11-13H2,1H3/t17-,18-/m1/s1. The number of carbonyl (C=O) groups excluding carboxylic acids is 1. The fraction of sp³-hybridized carbons (Fsp3) is 0.316. The fourth-order valence-corrected chi connectivity index (χ4v) is 2.79. The van der Waals surface area contributed by atoms with Crippen molar-refractivity contribution >= 4 is 11.8 Å². The summed E-state index contributed by atoms with van der Waals surface area (Å²) in [4.78, 5) is 13.7. The molecule has 2 aromatic carbocycles. The maximum absolute atomic E-state index is 12.2. The van der Waals surface area contributed by atoms with Crippen LogP contribution in [-0.4, -0.2) is 48.4 Å². The molecule has 6 nitrogen and oxygen atoms in total. The number of benzene rings is 2. The number of β-amino-alcohol motifs (C(OH)–C–C–N with tert-alkyl or cyclic N) is 1. The van der Waals surface area contributed by atoms with Gasteiger partial charge in [-0.05, 0) is 29.8 Å². The lowest BCUT2D eigenvalue weighted by molar-refractivity contribution is 0.0971. The number of aliphatic hydroxyl groups excluding tert-OH is 1. The van der Waals surface area contributed by atoms with Gasteiger partial charge >= 0.3 is 6.09 Å². The van der Waals surface area contributed by atoms with Crippen molar-refractivity contribution in [2.45, 2.75) is 18.8 Å². The highest BCUT2D eigenvalue weighted by Gasteiger charge is 2.34. The van der Waals surface area contributed by atoms with E-state index < -0.39 is 12.2 Å². The smallest absolute Gasteiger partial charge is 0.410 e. The van der Waals surface area contributed by atoms with Crippen LogP contribution in [0.3, 0.4) is 0 Å². The Hall–Kier alpha value is -2.73. The Morgan fingerprint density at radius 1 is 1.16 bits per heavy atom. The number of nitrogens with zero attached hydrogens (tertiary/aromatic N) is 1. The third kappa shape index (κ3) is 4.42. The lowest BCUT2D eigenvalue weighted by Crippen LogP contribution is -2.33. The SMILES string of the molecule is COc1ccc(N[C@@H]2CN(C(=O)OCc3ccccc3)C[C@H]2O)cc1. The zero-order valence-corrected chi connectivity index (χ0v) is 14.1. The number of amides is 1. The second-order valence-corrected chi connectivity index (χ2v) is 5.99. The van der Waals surface area contributed by atoms with Gasteiger partial charge in [0, 0.05) is 12.2 Å². The molecule has 0 unspecified atom stereocenters. The monoisotopic (exact) mass is 342 g/mol. The van der Waals surface area contributed by atoms with Crippen LogP contribution in [0, 0.1) is 0 Å². The average Bonchev–Trinajstić information content (AvgIpc) is 3.02. The molecule has 1 aliphatic rings. The molecule has 132 valence electrons. The normalized spacial score (nSPS) is 19.5. The molecule has 1 aliphatic heterocycles. The topological polar surface area (TPSA) is 71.0 Å². The highest BCUT2D eigenvalue weighted by molar-refractivity contribution is 5.68. The number of carbonyl (C=O) groups is 1. The Kier molecular flexibility index (Phi) is 5.40. The van der Waals surface area contributed by atoms with Crippen LogP contribution in [0.5, 0.6) is 5.75 Å². The molecule has 0 saturated carbocycles. The first-order valence-electron chi connectivity index (χ1n) is 8.20. The minimum atomic E-state index is -0.647. The van der Waals surface area contributed by atoms with E-state index in [1.165, 1.54) is 4.90 Å². The maximum atomic E-state index is 12.2. The molecule has 3 rings (SSSR count). The molecule has 1 fully saturated rings. The largest absolute Gasteiger partial charge is 0.497 e. The molecule has 0 bridgehead atoms. The van der Waals surface area contributed by atoms with Gasteiger partial charge < -0.3 is 24.8 Å². The molecular formula is C19H22N2O4. The molecule has 0 radical (unpaired) electrons. The first-order valence-corrected chi connectivity index (χ1v) is 8.20. The minimum absolute atomic E-state index is 0.225. The Bertz CT molecular complexity index is 690. The number of aliphatic hydroxyl groups is 1. The van der Waals surface area contributed by atoms with E-state index in [0.717, 1.165) is 17.0 Å². The molecule has 1 amide bonds. The van der Waals surface area contributed by atoms with Crippen molar-refractivity contribution in [2.24, 2.45) is 0 Å². The van der Waals surface area contributed by atoms with Crippen LogP contribution in [-0.2, 0) is 11.3 Å². The highest BCUT2D eigenvalue weighted by Crippen LogP contribution is 2.20. The molecule has 0 aromatic heterocycles. The summed E-state index contributed by atoms with van der Waals surface area (Å²) in [5.41, 5.74) is 1.80. The number of ether oxygens (including phenoxy) is 2. The van der Waals surface area contributed by atoms with Gasteiger partial charge in [0.2, 0.25) is 0 Å². The van der Waals surface area contributed by atoms with Crippen LogP contribution in [0.4, 0.5) is 10.5 Å². The minimum Gasteiger partial charge on any atom is -0.497 e. The Morgan fingerprint density at radius 3 is 2.56 bits per heavy atom. The van der Waals surface area contributed by atoms with Crippen molar-refractivity contribution in [1.82, 2.24) is 4.90 Å². The summed E-state index contributed by atoms with van der Waals surface area (Å²) in [6.07, 6.45) is -1.06. The zero-order valence-electron chi connectivity index (χ0n) is 14.1. The molecule has 0 aliphatic carbocycles. The van der Waals surface area contributed by atoms with Gasteiger partial charge in [-0.2, -0.15) is 0 Å². The van der Waals surface area contributed by atoms with Crippen molar-refractivity contribution in [3.63, 3.8) is 0 Å². The molecule has 2 N–H and O–H groups in total. The van der Waals surface area contributed by atoms with Gasteiger partial charge in [0.25, 0.3) is 0 Å². The van der Waals surface area contributed by atoms with Gasteiger partial charge in [0.05, 0.1) is 25.8 Å². The van der Waals surface area contributed by atoms with Gasteiger partial charge in [0.15, 0.2) is 0 Å². The predicted molar refractivity (Wildman–Crippen MR) is 94.6 cm³/mol. The molecule has 25 heavy (non-hydrogen) atoms. The van der Waals surface area contributed by atoms with E-state index in [2.05, 4.69) is 5.32 Å². The van der Waals surface area contributed by atoms with E-state index in [0.29, 0.717) is 6.54 Å². The van der Waals surface area contributed by atoms with Gasteiger partial charge in [0.1, 0.15) is 12.4 Å². The van der Waals surface area contributed by atoms with E-state index in [9.17, 15) is 9.90 Å². The Labute approximate surface area is 147 Å². The number of nitrogens with one attached hydrogen (secondary N) is 1. The zero-order chi connectivity index (χ0) is 17.6.